The van der Waals surface area contributed by atoms with Crippen molar-refractivity contribution in [3.8, 4) is 5.75 Å². The van der Waals surface area contributed by atoms with Crippen LogP contribution in [0.4, 0.5) is 5.69 Å². The first-order valence-corrected chi connectivity index (χ1v) is 5.22. The van der Waals surface area contributed by atoms with Gasteiger partial charge >= 0.3 is 0 Å². The van der Waals surface area contributed by atoms with E-state index in [1.54, 1.807) is 13.2 Å². The summed E-state index contributed by atoms with van der Waals surface area (Å²) < 4.78 is 5.10. The van der Waals surface area contributed by atoms with Crippen molar-refractivity contribution in [2.45, 2.75) is 0 Å². The molecular formula is C11H15N3OS. The van der Waals surface area contributed by atoms with Crippen LogP contribution in [0, 0.1) is 0 Å². The van der Waals surface area contributed by atoms with Crippen LogP contribution in [0.3, 0.4) is 0 Å². The largest absolute Gasteiger partial charge is 0.497 e. The fraction of sp³-hybridized carbons (Fsp3) is 0.182. The summed E-state index contributed by atoms with van der Waals surface area (Å²) in [6.45, 7) is 4.22. The number of thiocarbonyl (C=S) groups is 1. The highest BCUT2D eigenvalue weighted by Crippen LogP contribution is 2.15. The van der Waals surface area contributed by atoms with Gasteiger partial charge in [0.15, 0.2) is 5.11 Å². The second-order valence-electron chi connectivity index (χ2n) is 2.98. The number of nitrogens with one attached hydrogen (secondary N) is 3. The minimum absolute atomic E-state index is 0.516. The number of benzene rings is 1. The predicted octanol–water partition coefficient (Wildman–Crippen LogP) is 1.67. The molecule has 1 aromatic carbocycles. The van der Waals surface area contributed by atoms with Crippen molar-refractivity contribution >= 4 is 23.0 Å². The molecule has 0 aliphatic rings. The second kappa shape index (κ2) is 6.68. The van der Waals surface area contributed by atoms with E-state index in [1.165, 1.54) is 0 Å². The van der Waals surface area contributed by atoms with Gasteiger partial charge in [0.1, 0.15) is 5.75 Å². The van der Waals surface area contributed by atoms with E-state index in [1.807, 2.05) is 24.3 Å². The van der Waals surface area contributed by atoms with Gasteiger partial charge in [-0.05, 0) is 24.4 Å². The van der Waals surface area contributed by atoms with Crippen molar-refractivity contribution in [3.05, 3.63) is 36.9 Å². The summed E-state index contributed by atoms with van der Waals surface area (Å²) in [6, 6.07) is 7.54. The molecule has 3 N–H and O–H groups in total. The van der Waals surface area contributed by atoms with Gasteiger partial charge in [-0.2, -0.15) is 0 Å². The first kappa shape index (κ1) is 12.3. The minimum atomic E-state index is 0.516. The van der Waals surface area contributed by atoms with Gasteiger partial charge in [0.05, 0.1) is 12.8 Å². The molecular weight excluding hydrogens is 222 g/mol. The molecule has 0 fully saturated rings. The number of ether oxygens (including phenoxy) is 1. The second-order valence-corrected chi connectivity index (χ2v) is 3.39. The molecule has 16 heavy (non-hydrogen) atoms. The third-order valence-corrected chi connectivity index (χ3v) is 2.04. The van der Waals surface area contributed by atoms with E-state index >= 15 is 0 Å². The van der Waals surface area contributed by atoms with Crippen LogP contribution in [0.15, 0.2) is 36.9 Å². The monoisotopic (exact) mass is 237 g/mol. The lowest BCUT2D eigenvalue weighted by atomic mass is 10.3. The molecule has 0 saturated heterocycles. The van der Waals surface area contributed by atoms with Gasteiger partial charge in [-0.1, -0.05) is 12.1 Å². The van der Waals surface area contributed by atoms with E-state index in [9.17, 15) is 0 Å². The number of rotatable bonds is 5. The van der Waals surface area contributed by atoms with E-state index < -0.39 is 0 Å². The lowest BCUT2D eigenvalue weighted by molar-refractivity contribution is 0.415. The van der Waals surface area contributed by atoms with Crippen molar-refractivity contribution < 1.29 is 4.74 Å². The van der Waals surface area contributed by atoms with Gasteiger partial charge in [-0.3, -0.25) is 10.9 Å². The van der Waals surface area contributed by atoms with E-state index in [0.29, 0.717) is 11.7 Å². The van der Waals surface area contributed by atoms with E-state index in [-0.39, 0.29) is 0 Å². The SMILES string of the molecule is C=CCNC(=S)NNc1cccc(OC)c1. The van der Waals surface area contributed by atoms with E-state index in [2.05, 4.69) is 22.7 Å². The van der Waals surface area contributed by atoms with Gasteiger partial charge in [0.2, 0.25) is 0 Å². The van der Waals surface area contributed by atoms with Crippen LogP contribution in [0.2, 0.25) is 0 Å². The standard InChI is InChI=1S/C11H15N3OS/c1-3-7-12-11(16)14-13-9-5-4-6-10(8-9)15-2/h3-6,8,13H,1,7H2,2H3,(H2,12,14,16). The third-order valence-electron chi connectivity index (χ3n) is 1.80. The van der Waals surface area contributed by atoms with Crippen molar-refractivity contribution in [2.24, 2.45) is 0 Å². The fourth-order valence-corrected chi connectivity index (χ4v) is 1.17. The van der Waals surface area contributed by atoms with Crippen LogP contribution in [-0.4, -0.2) is 18.8 Å². The van der Waals surface area contributed by atoms with Crippen molar-refractivity contribution in [2.75, 3.05) is 19.1 Å². The summed E-state index contributed by atoms with van der Waals surface area (Å²) in [4.78, 5) is 0. The lowest BCUT2D eigenvalue weighted by Crippen LogP contribution is -2.38. The lowest BCUT2D eigenvalue weighted by Gasteiger charge is -2.11. The van der Waals surface area contributed by atoms with Crippen LogP contribution < -0.4 is 20.9 Å². The summed E-state index contributed by atoms with van der Waals surface area (Å²) in [5.41, 5.74) is 6.69. The zero-order valence-electron chi connectivity index (χ0n) is 9.12. The number of hydrazine groups is 1. The van der Waals surface area contributed by atoms with Crippen molar-refractivity contribution in [3.63, 3.8) is 0 Å². The number of methoxy groups -OCH3 is 1. The Bertz CT molecular complexity index is 368. The molecule has 5 heteroatoms. The highest BCUT2D eigenvalue weighted by Gasteiger charge is 1.95. The van der Waals surface area contributed by atoms with Crippen LogP contribution in [0.5, 0.6) is 5.75 Å². The average Bonchev–Trinajstić information content (AvgIpc) is 2.34. The molecule has 4 nitrogen and oxygen atoms in total. The average molecular weight is 237 g/mol. The Labute approximate surface area is 101 Å². The maximum absolute atomic E-state index is 5.10. The molecule has 0 radical (unpaired) electrons. The van der Waals surface area contributed by atoms with Gasteiger partial charge in [-0.15, -0.1) is 6.58 Å². The molecule has 86 valence electrons. The minimum Gasteiger partial charge on any atom is -0.497 e. The van der Waals surface area contributed by atoms with Crippen molar-refractivity contribution in [1.82, 2.24) is 10.7 Å². The Morgan fingerprint density at radius 1 is 1.56 bits per heavy atom. The molecule has 1 rings (SSSR count). The summed E-state index contributed by atoms with van der Waals surface area (Å²) >= 11 is 5.02. The van der Waals surface area contributed by atoms with Gasteiger partial charge in [0.25, 0.3) is 0 Å². The normalized spacial score (nSPS) is 9.06. The Morgan fingerprint density at radius 2 is 2.38 bits per heavy atom. The molecule has 1 aromatic rings. The zero-order chi connectivity index (χ0) is 11.8. The summed E-state index contributed by atoms with van der Waals surface area (Å²) in [5.74, 6) is 0.789. The summed E-state index contributed by atoms with van der Waals surface area (Å²) in [6.07, 6.45) is 1.74. The highest BCUT2D eigenvalue weighted by atomic mass is 32.1. The third kappa shape index (κ3) is 4.18. The fourth-order valence-electron chi connectivity index (χ4n) is 1.04. The molecule has 0 atom stereocenters. The Hall–Kier alpha value is -1.75. The first-order valence-electron chi connectivity index (χ1n) is 4.81. The predicted molar refractivity (Wildman–Crippen MR) is 70.6 cm³/mol. The van der Waals surface area contributed by atoms with Gasteiger partial charge in [0, 0.05) is 12.6 Å². The molecule has 0 spiro atoms. The number of hydrogen-bond donors (Lipinski definition) is 3. The zero-order valence-corrected chi connectivity index (χ0v) is 9.93. The first-order chi connectivity index (χ1) is 7.76. The maximum atomic E-state index is 5.10. The van der Waals surface area contributed by atoms with E-state index in [4.69, 9.17) is 17.0 Å². The summed E-state index contributed by atoms with van der Waals surface area (Å²) in [5, 5.41) is 3.46. The quantitative estimate of drug-likeness (QED) is 0.413. The van der Waals surface area contributed by atoms with Gasteiger partial charge < -0.3 is 10.1 Å². The topological polar surface area (TPSA) is 45.3 Å². The van der Waals surface area contributed by atoms with Crippen LogP contribution in [0.25, 0.3) is 0 Å². The molecule has 0 unspecified atom stereocenters. The Kier molecular flexibility index (Phi) is 5.15. The Morgan fingerprint density at radius 3 is 3.06 bits per heavy atom. The molecule has 0 aliphatic heterocycles. The van der Waals surface area contributed by atoms with Crippen LogP contribution in [-0.2, 0) is 0 Å². The van der Waals surface area contributed by atoms with Gasteiger partial charge in [-0.25, -0.2) is 0 Å². The number of hydrogen-bond acceptors (Lipinski definition) is 3. The summed E-state index contributed by atoms with van der Waals surface area (Å²) in [7, 11) is 1.63. The molecule has 0 heterocycles. The molecule has 0 bridgehead atoms. The molecule has 0 amide bonds. The highest BCUT2D eigenvalue weighted by molar-refractivity contribution is 7.80. The van der Waals surface area contributed by atoms with E-state index in [0.717, 1.165) is 11.4 Å². The number of anilines is 1. The van der Waals surface area contributed by atoms with Crippen LogP contribution in [0.1, 0.15) is 0 Å². The molecule has 0 aliphatic carbocycles. The smallest absolute Gasteiger partial charge is 0.185 e. The van der Waals surface area contributed by atoms with Crippen molar-refractivity contribution in [1.29, 1.82) is 0 Å². The molecule has 0 aromatic heterocycles. The Balaban J connectivity index is 2.41. The molecule has 0 saturated carbocycles. The maximum Gasteiger partial charge on any atom is 0.185 e. The van der Waals surface area contributed by atoms with Crippen LogP contribution >= 0.6 is 12.2 Å².